The molecule has 0 fully saturated rings. The highest BCUT2D eigenvalue weighted by Gasteiger charge is 2.05. The van der Waals surface area contributed by atoms with Gasteiger partial charge in [-0.1, -0.05) is 17.4 Å². The first kappa shape index (κ1) is 13.7. The summed E-state index contributed by atoms with van der Waals surface area (Å²) in [5, 5.41) is 10.9. The predicted molar refractivity (Wildman–Crippen MR) is 80.2 cm³/mol. The van der Waals surface area contributed by atoms with Crippen molar-refractivity contribution in [1.29, 1.82) is 0 Å². The zero-order chi connectivity index (χ0) is 14.7. The van der Waals surface area contributed by atoms with Crippen LogP contribution in [-0.2, 0) is 6.54 Å². The largest absolute Gasteiger partial charge is 0.494 e. The molecule has 1 N–H and O–H groups in total. The monoisotopic (exact) mass is 305 g/mol. The van der Waals surface area contributed by atoms with Crippen molar-refractivity contribution in [2.24, 2.45) is 0 Å². The fourth-order valence-corrected chi connectivity index (χ4v) is 2.76. The second-order valence-corrected chi connectivity index (χ2v) is 5.41. The quantitative estimate of drug-likeness (QED) is 0.708. The van der Waals surface area contributed by atoms with Crippen LogP contribution >= 0.6 is 11.3 Å². The number of ether oxygens (including phenoxy) is 1. The van der Waals surface area contributed by atoms with E-state index in [4.69, 9.17) is 4.74 Å². The molecule has 3 rings (SSSR count). The highest BCUT2D eigenvalue weighted by atomic mass is 32.1. The van der Waals surface area contributed by atoms with Crippen LogP contribution in [0.2, 0.25) is 0 Å². The molecule has 0 spiro atoms. The third-order valence-corrected chi connectivity index (χ3v) is 3.93. The van der Waals surface area contributed by atoms with Gasteiger partial charge >= 0.3 is 4.87 Å². The summed E-state index contributed by atoms with van der Waals surface area (Å²) < 4.78 is 8.99. The molecule has 0 saturated heterocycles. The number of nitrogens with zero attached hydrogens (tertiary/aromatic N) is 3. The zero-order valence-corrected chi connectivity index (χ0v) is 12.1. The zero-order valence-electron chi connectivity index (χ0n) is 11.3. The molecular formula is C14H15N3O3S. The van der Waals surface area contributed by atoms with Crippen molar-refractivity contribution in [3.8, 4) is 11.8 Å². The van der Waals surface area contributed by atoms with Crippen LogP contribution in [0.3, 0.4) is 0 Å². The van der Waals surface area contributed by atoms with Crippen LogP contribution in [0, 0.1) is 0 Å². The fraction of sp³-hybridized carbons (Fsp3) is 0.286. The fourth-order valence-electron chi connectivity index (χ4n) is 2.12. The van der Waals surface area contributed by atoms with Gasteiger partial charge in [-0.25, -0.2) is 4.98 Å². The number of fused-ring (bicyclic) bond motifs is 1. The number of hydrogen-bond acceptors (Lipinski definition) is 5. The van der Waals surface area contributed by atoms with E-state index in [1.807, 2.05) is 28.8 Å². The molecule has 6 nitrogen and oxygen atoms in total. The lowest BCUT2D eigenvalue weighted by Crippen LogP contribution is -2.13. The van der Waals surface area contributed by atoms with Crippen molar-refractivity contribution >= 4 is 17.0 Å². The molecule has 110 valence electrons. The van der Waals surface area contributed by atoms with E-state index in [1.54, 1.807) is 6.20 Å². The molecule has 0 aromatic carbocycles. The van der Waals surface area contributed by atoms with Crippen LogP contribution in [-0.4, -0.2) is 25.7 Å². The van der Waals surface area contributed by atoms with Gasteiger partial charge in [-0.15, -0.1) is 0 Å². The van der Waals surface area contributed by atoms with Crippen LogP contribution in [0.25, 0.3) is 5.65 Å². The molecule has 0 aliphatic heterocycles. The first-order chi connectivity index (χ1) is 10.3. The maximum absolute atomic E-state index is 11.4. The molecule has 0 saturated carbocycles. The van der Waals surface area contributed by atoms with E-state index in [1.165, 1.54) is 9.95 Å². The molecular weight excluding hydrogens is 290 g/mol. The van der Waals surface area contributed by atoms with E-state index in [-0.39, 0.29) is 10.8 Å². The van der Waals surface area contributed by atoms with Gasteiger partial charge in [0.15, 0.2) is 5.88 Å². The van der Waals surface area contributed by atoms with E-state index in [0.29, 0.717) is 13.2 Å². The van der Waals surface area contributed by atoms with Crippen molar-refractivity contribution in [3.05, 3.63) is 45.6 Å². The molecule has 0 atom stereocenters. The first-order valence-corrected chi connectivity index (χ1v) is 7.56. The number of rotatable bonds is 6. The van der Waals surface area contributed by atoms with Crippen LogP contribution in [0.5, 0.6) is 11.8 Å². The molecule has 0 aliphatic rings. The smallest absolute Gasteiger partial charge is 0.309 e. The number of aromatic hydroxyl groups is 1. The average Bonchev–Trinajstić information content (AvgIpc) is 3.08. The normalized spacial score (nSPS) is 11.0. The van der Waals surface area contributed by atoms with Gasteiger partial charge in [-0.05, 0) is 25.0 Å². The SMILES string of the molecule is O=c1scc(O)n1CCCCOc1cccc2nccn12. The van der Waals surface area contributed by atoms with Crippen molar-refractivity contribution in [2.75, 3.05) is 6.61 Å². The standard InChI is InChI=1S/C14H15N3O3S/c18-12-10-21-14(19)17(12)7-1-2-9-20-13-5-3-4-11-15-6-8-16(11)13/h3-6,8,10,18H,1-2,7,9H2. The molecule has 0 radical (unpaired) electrons. The number of pyridine rings is 1. The molecule has 21 heavy (non-hydrogen) atoms. The lowest BCUT2D eigenvalue weighted by molar-refractivity contribution is 0.287. The summed E-state index contributed by atoms with van der Waals surface area (Å²) in [4.78, 5) is 15.5. The first-order valence-electron chi connectivity index (χ1n) is 6.68. The van der Waals surface area contributed by atoms with Gasteiger partial charge in [0.2, 0.25) is 5.88 Å². The Morgan fingerprint density at radius 1 is 1.33 bits per heavy atom. The Kier molecular flexibility index (Phi) is 3.92. The van der Waals surface area contributed by atoms with Gasteiger partial charge in [0.25, 0.3) is 0 Å². The van der Waals surface area contributed by atoms with E-state index < -0.39 is 0 Å². The van der Waals surface area contributed by atoms with Crippen molar-refractivity contribution in [1.82, 2.24) is 14.0 Å². The van der Waals surface area contributed by atoms with Crippen LogP contribution < -0.4 is 9.61 Å². The summed E-state index contributed by atoms with van der Waals surface area (Å²) in [6.45, 7) is 1.06. The maximum atomic E-state index is 11.4. The average molecular weight is 305 g/mol. The summed E-state index contributed by atoms with van der Waals surface area (Å²) in [6, 6.07) is 5.71. The van der Waals surface area contributed by atoms with E-state index in [9.17, 15) is 9.90 Å². The van der Waals surface area contributed by atoms with Crippen LogP contribution in [0.1, 0.15) is 12.8 Å². The minimum Gasteiger partial charge on any atom is -0.494 e. The van der Waals surface area contributed by atoms with Crippen LogP contribution in [0.15, 0.2) is 40.8 Å². The number of thiazole rings is 1. The topological polar surface area (TPSA) is 68.8 Å². The number of unbranched alkanes of at least 4 members (excludes halogenated alkanes) is 1. The van der Waals surface area contributed by atoms with Gasteiger partial charge in [0, 0.05) is 18.9 Å². The molecule has 0 unspecified atom stereocenters. The molecule has 0 aliphatic carbocycles. The highest BCUT2D eigenvalue weighted by molar-refractivity contribution is 7.07. The minimum atomic E-state index is -0.128. The van der Waals surface area contributed by atoms with Crippen LogP contribution in [0.4, 0.5) is 0 Å². The maximum Gasteiger partial charge on any atom is 0.309 e. The lowest BCUT2D eigenvalue weighted by Gasteiger charge is -2.08. The molecule has 3 aromatic rings. The minimum absolute atomic E-state index is 0.0362. The second kappa shape index (κ2) is 6.01. The van der Waals surface area contributed by atoms with E-state index >= 15 is 0 Å². The highest BCUT2D eigenvalue weighted by Crippen LogP contribution is 2.14. The van der Waals surface area contributed by atoms with Crippen molar-refractivity contribution in [2.45, 2.75) is 19.4 Å². The number of hydrogen-bond donors (Lipinski definition) is 1. The van der Waals surface area contributed by atoms with E-state index in [0.717, 1.165) is 35.7 Å². The Labute approximate surface area is 124 Å². The summed E-state index contributed by atoms with van der Waals surface area (Å²) in [5.41, 5.74) is 0.849. The molecule has 7 heteroatoms. The second-order valence-electron chi connectivity index (χ2n) is 4.59. The van der Waals surface area contributed by atoms with Gasteiger partial charge in [0.05, 0.1) is 12.0 Å². The van der Waals surface area contributed by atoms with Crippen molar-refractivity contribution in [3.63, 3.8) is 0 Å². The number of aromatic nitrogens is 3. The molecule has 0 amide bonds. The third kappa shape index (κ3) is 2.92. The van der Waals surface area contributed by atoms with E-state index in [2.05, 4.69) is 4.98 Å². The van der Waals surface area contributed by atoms with Gasteiger partial charge in [0.1, 0.15) is 5.65 Å². The van der Waals surface area contributed by atoms with Crippen molar-refractivity contribution < 1.29 is 9.84 Å². The third-order valence-electron chi connectivity index (χ3n) is 3.18. The summed E-state index contributed by atoms with van der Waals surface area (Å²) in [6.07, 6.45) is 5.15. The number of imidazole rings is 1. The van der Waals surface area contributed by atoms with Gasteiger partial charge < -0.3 is 9.84 Å². The Morgan fingerprint density at radius 2 is 2.24 bits per heavy atom. The van der Waals surface area contributed by atoms with Gasteiger partial charge in [-0.2, -0.15) is 0 Å². The Bertz CT molecular complexity index is 790. The van der Waals surface area contributed by atoms with Gasteiger partial charge in [-0.3, -0.25) is 13.8 Å². The molecule has 0 bridgehead atoms. The Morgan fingerprint density at radius 3 is 3.05 bits per heavy atom. The Balaban J connectivity index is 1.51. The summed E-state index contributed by atoms with van der Waals surface area (Å²) in [5.74, 6) is 0.787. The molecule has 3 aromatic heterocycles. The summed E-state index contributed by atoms with van der Waals surface area (Å²) in [7, 11) is 0. The lowest BCUT2D eigenvalue weighted by atomic mass is 10.3. The predicted octanol–water partition coefficient (Wildman–Crippen LogP) is 2.12. The Hall–Kier alpha value is -2.28. The molecule has 3 heterocycles. The summed E-state index contributed by atoms with van der Waals surface area (Å²) >= 11 is 1.01.